The predicted octanol–water partition coefficient (Wildman–Crippen LogP) is 2.27. The number of hydrogen-bond donors (Lipinski definition) is 1. The van der Waals surface area contributed by atoms with Crippen LogP contribution in [0.1, 0.15) is 23.5 Å². The lowest BCUT2D eigenvalue weighted by atomic mass is 9.81. The van der Waals surface area contributed by atoms with Crippen LogP contribution in [0.2, 0.25) is 0 Å². The standard InChI is InChI=1S/C13H16O2/c1-3-11-12-6-5-10(15-2)8-9(12)4-7-13(11)14/h3,5-6,8,11,13-14H,1,4,7H2,2H3. The molecule has 1 aliphatic rings. The summed E-state index contributed by atoms with van der Waals surface area (Å²) in [5.41, 5.74) is 2.45. The van der Waals surface area contributed by atoms with Crippen molar-refractivity contribution < 1.29 is 9.84 Å². The number of methoxy groups -OCH3 is 1. The largest absolute Gasteiger partial charge is 0.497 e. The molecule has 0 aliphatic heterocycles. The average Bonchev–Trinajstić information content (AvgIpc) is 2.28. The van der Waals surface area contributed by atoms with Gasteiger partial charge in [0, 0.05) is 5.92 Å². The Morgan fingerprint density at radius 2 is 2.33 bits per heavy atom. The molecule has 0 saturated heterocycles. The van der Waals surface area contributed by atoms with Crippen molar-refractivity contribution in [3.05, 3.63) is 42.0 Å². The summed E-state index contributed by atoms with van der Waals surface area (Å²) in [6.07, 6.45) is 3.26. The van der Waals surface area contributed by atoms with Crippen LogP contribution in [0.25, 0.3) is 0 Å². The zero-order valence-corrected chi connectivity index (χ0v) is 8.94. The molecule has 0 spiro atoms. The molecule has 0 amide bonds. The highest BCUT2D eigenvalue weighted by Gasteiger charge is 2.25. The van der Waals surface area contributed by atoms with Crippen LogP contribution in [-0.2, 0) is 6.42 Å². The number of ether oxygens (including phenoxy) is 1. The van der Waals surface area contributed by atoms with Crippen LogP contribution in [-0.4, -0.2) is 18.3 Å². The number of hydrogen-bond acceptors (Lipinski definition) is 2. The molecule has 1 aliphatic carbocycles. The summed E-state index contributed by atoms with van der Waals surface area (Å²) >= 11 is 0. The first kappa shape index (κ1) is 10.2. The molecule has 1 N–H and O–H groups in total. The van der Waals surface area contributed by atoms with Gasteiger partial charge in [0.1, 0.15) is 5.75 Å². The number of aliphatic hydroxyl groups is 1. The van der Waals surface area contributed by atoms with E-state index in [1.807, 2.05) is 18.2 Å². The highest BCUT2D eigenvalue weighted by Crippen LogP contribution is 2.34. The van der Waals surface area contributed by atoms with E-state index in [0.717, 1.165) is 18.6 Å². The lowest BCUT2D eigenvalue weighted by Crippen LogP contribution is -2.23. The molecule has 2 heteroatoms. The number of fused-ring (bicyclic) bond motifs is 1. The summed E-state index contributed by atoms with van der Waals surface area (Å²) in [6, 6.07) is 6.02. The van der Waals surface area contributed by atoms with E-state index in [0.29, 0.717) is 0 Å². The molecule has 1 aromatic carbocycles. The summed E-state index contributed by atoms with van der Waals surface area (Å²) in [6.45, 7) is 3.78. The molecule has 0 aromatic heterocycles. The fourth-order valence-corrected chi connectivity index (χ4v) is 2.23. The van der Waals surface area contributed by atoms with Crippen molar-refractivity contribution in [2.75, 3.05) is 7.11 Å². The maximum Gasteiger partial charge on any atom is 0.119 e. The fourth-order valence-electron chi connectivity index (χ4n) is 2.23. The van der Waals surface area contributed by atoms with E-state index in [1.54, 1.807) is 7.11 Å². The summed E-state index contributed by atoms with van der Waals surface area (Å²) in [4.78, 5) is 0. The molecule has 0 fully saturated rings. The van der Waals surface area contributed by atoms with E-state index in [2.05, 4.69) is 12.6 Å². The van der Waals surface area contributed by atoms with E-state index in [1.165, 1.54) is 11.1 Å². The Morgan fingerprint density at radius 3 is 3.00 bits per heavy atom. The van der Waals surface area contributed by atoms with E-state index in [9.17, 15) is 5.11 Å². The molecule has 2 rings (SSSR count). The second-order valence-electron chi connectivity index (χ2n) is 3.93. The van der Waals surface area contributed by atoms with Crippen molar-refractivity contribution in [1.29, 1.82) is 0 Å². The van der Waals surface area contributed by atoms with Gasteiger partial charge in [-0.25, -0.2) is 0 Å². The topological polar surface area (TPSA) is 29.5 Å². The van der Waals surface area contributed by atoms with Crippen LogP contribution in [0.3, 0.4) is 0 Å². The van der Waals surface area contributed by atoms with Gasteiger partial charge in [-0.15, -0.1) is 6.58 Å². The second-order valence-corrected chi connectivity index (χ2v) is 3.93. The van der Waals surface area contributed by atoms with Gasteiger partial charge < -0.3 is 9.84 Å². The molecule has 1 aromatic rings. The van der Waals surface area contributed by atoms with E-state index in [-0.39, 0.29) is 12.0 Å². The van der Waals surface area contributed by atoms with Gasteiger partial charge in [-0.05, 0) is 36.1 Å². The minimum Gasteiger partial charge on any atom is -0.497 e. The Labute approximate surface area is 90.2 Å². The Morgan fingerprint density at radius 1 is 1.53 bits per heavy atom. The molecule has 0 radical (unpaired) electrons. The SMILES string of the molecule is C=CC1c2ccc(OC)cc2CCC1O. The molecule has 2 nitrogen and oxygen atoms in total. The van der Waals surface area contributed by atoms with Gasteiger partial charge in [0.2, 0.25) is 0 Å². The first-order chi connectivity index (χ1) is 7.26. The molecule has 15 heavy (non-hydrogen) atoms. The quantitative estimate of drug-likeness (QED) is 0.749. The summed E-state index contributed by atoms with van der Waals surface area (Å²) in [7, 11) is 1.67. The molecular formula is C13H16O2. The normalized spacial score (nSPS) is 24.4. The lowest BCUT2D eigenvalue weighted by Gasteiger charge is -2.28. The van der Waals surface area contributed by atoms with Gasteiger partial charge in [-0.1, -0.05) is 12.1 Å². The molecule has 2 atom stereocenters. The van der Waals surface area contributed by atoms with Gasteiger partial charge in [-0.3, -0.25) is 0 Å². The molecule has 0 saturated carbocycles. The third-order valence-corrected chi connectivity index (χ3v) is 3.09. The minimum atomic E-state index is -0.289. The van der Waals surface area contributed by atoms with Gasteiger partial charge in [0.05, 0.1) is 13.2 Å². The van der Waals surface area contributed by atoms with E-state index in [4.69, 9.17) is 4.74 Å². The van der Waals surface area contributed by atoms with Crippen LogP contribution < -0.4 is 4.74 Å². The van der Waals surface area contributed by atoms with Crippen molar-refractivity contribution in [2.45, 2.75) is 24.9 Å². The third kappa shape index (κ3) is 1.77. The van der Waals surface area contributed by atoms with Crippen molar-refractivity contribution in [3.8, 4) is 5.75 Å². The maximum atomic E-state index is 9.84. The van der Waals surface area contributed by atoms with E-state index < -0.39 is 0 Å². The first-order valence-corrected chi connectivity index (χ1v) is 5.23. The monoisotopic (exact) mass is 204 g/mol. The second kappa shape index (κ2) is 4.07. The zero-order chi connectivity index (χ0) is 10.8. The highest BCUT2D eigenvalue weighted by atomic mass is 16.5. The van der Waals surface area contributed by atoms with Crippen LogP contribution in [0.5, 0.6) is 5.75 Å². The molecule has 80 valence electrons. The van der Waals surface area contributed by atoms with Crippen molar-refractivity contribution in [3.63, 3.8) is 0 Å². The average molecular weight is 204 g/mol. The summed E-state index contributed by atoms with van der Waals surface area (Å²) < 4.78 is 5.19. The molecule has 0 heterocycles. The maximum absolute atomic E-state index is 9.84. The molecule has 0 bridgehead atoms. The van der Waals surface area contributed by atoms with Gasteiger partial charge in [0.25, 0.3) is 0 Å². The molecular weight excluding hydrogens is 188 g/mol. The highest BCUT2D eigenvalue weighted by molar-refractivity contribution is 5.41. The molecule has 2 unspecified atom stereocenters. The van der Waals surface area contributed by atoms with Crippen molar-refractivity contribution in [1.82, 2.24) is 0 Å². The van der Waals surface area contributed by atoms with Crippen LogP contribution in [0.15, 0.2) is 30.9 Å². The summed E-state index contributed by atoms with van der Waals surface area (Å²) in [5.74, 6) is 0.951. The Balaban J connectivity index is 2.42. The Kier molecular flexibility index (Phi) is 2.78. The number of rotatable bonds is 2. The number of benzene rings is 1. The van der Waals surface area contributed by atoms with Crippen LogP contribution in [0, 0.1) is 0 Å². The summed E-state index contributed by atoms with van der Waals surface area (Å²) in [5, 5.41) is 9.84. The van der Waals surface area contributed by atoms with Gasteiger partial charge in [-0.2, -0.15) is 0 Å². The fraction of sp³-hybridized carbons (Fsp3) is 0.385. The van der Waals surface area contributed by atoms with Crippen LogP contribution in [0.4, 0.5) is 0 Å². The zero-order valence-electron chi connectivity index (χ0n) is 8.94. The van der Waals surface area contributed by atoms with Crippen molar-refractivity contribution >= 4 is 0 Å². The Hall–Kier alpha value is -1.28. The van der Waals surface area contributed by atoms with Crippen molar-refractivity contribution in [2.24, 2.45) is 0 Å². The van der Waals surface area contributed by atoms with Crippen LogP contribution >= 0.6 is 0 Å². The Bertz CT molecular complexity index is 371. The number of aliphatic hydroxyl groups excluding tert-OH is 1. The van der Waals surface area contributed by atoms with Gasteiger partial charge in [0.15, 0.2) is 0 Å². The third-order valence-electron chi connectivity index (χ3n) is 3.09. The van der Waals surface area contributed by atoms with E-state index >= 15 is 0 Å². The van der Waals surface area contributed by atoms with Gasteiger partial charge >= 0.3 is 0 Å². The lowest BCUT2D eigenvalue weighted by molar-refractivity contribution is 0.142. The number of aryl methyl sites for hydroxylation is 1. The first-order valence-electron chi connectivity index (χ1n) is 5.23. The predicted molar refractivity (Wildman–Crippen MR) is 60.3 cm³/mol. The smallest absolute Gasteiger partial charge is 0.119 e. The minimum absolute atomic E-state index is 0.0691.